The highest BCUT2D eigenvalue weighted by Gasteiger charge is 2.34. The van der Waals surface area contributed by atoms with Crippen molar-refractivity contribution < 1.29 is 17.6 Å². The largest absolute Gasteiger partial charge is 0.419 e. The fourth-order valence-electron chi connectivity index (χ4n) is 3.81. The summed E-state index contributed by atoms with van der Waals surface area (Å²) in [6.07, 6.45) is -1.76. The lowest BCUT2D eigenvalue weighted by atomic mass is 9.98. The summed E-state index contributed by atoms with van der Waals surface area (Å²) in [6.45, 7) is 2.15. The van der Waals surface area contributed by atoms with Gasteiger partial charge in [-0.3, -0.25) is 0 Å². The minimum Gasteiger partial charge on any atom is -0.206 e. The first-order valence-electron chi connectivity index (χ1n) is 8.99. The molecule has 0 N–H and O–H groups in total. The van der Waals surface area contributed by atoms with Crippen molar-refractivity contribution in [3.05, 3.63) is 82.7 Å². The molecule has 0 radical (unpaired) electrons. The van der Waals surface area contributed by atoms with Crippen LogP contribution in [0.4, 0.5) is 17.6 Å². The lowest BCUT2D eigenvalue weighted by Crippen LogP contribution is -2.07. The van der Waals surface area contributed by atoms with Crippen molar-refractivity contribution in [1.29, 1.82) is 0 Å². The Morgan fingerprint density at radius 3 is 2.11 bits per heavy atom. The first-order chi connectivity index (χ1) is 12.9. The van der Waals surface area contributed by atoms with E-state index < -0.39 is 17.6 Å². The molecule has 138 valence electrons. The molecule has 0 aliphatic heterocycles. The van der Waals surface area contributed by atoms with Gasteiger partial charge in [0.25, 0.3) is 0 Å². The van der Waals surface area contributed by atoms with E-state index in [-0.39, 0.29) is 0 Å². The van der Waals surface area contributed by atoms with Crippen LogP contribution in [-0.2, 0) is 19.0 Å². The average Bonchev–Trinajstić information content (AvgIpc) is 2.97. The Bertz CT molecular complexity index is 1020. The van der Waals surface area contributed by atoms with Gasteiger partial charge in [-0.15, -0.1) is 0 Å². The molecule has 0 saturated heterocycles. The van der Waals surface area contributed by atoms with E-state index in [4.69, 9.17) is 0 Å². The molecule has 0 aromatic heterocycles. The van der Waals surface area contributed by atoms with E-state index in [1.165, 1.54) is 22.8 Å². The smallest absolute Gasteiger partial charge is 0.206 e. The van der Waals surface area contributed by atoms with E-state index in [9.17, 15) is 17.6 Å². The van der Waals surface area contributed by atoms with Gasteiger partial charge in [-0.1, -0.05) is 55.8 Å². The monoisotopic (exact) mass is 370 g/mol. The summed E-state index contributed by atoms with van der Waals surface area (Å²) in [7, 11) is 0. The molecule has 4 rings (SSSR count). The Labute approximate surface area is 155 Å². The van der Waals surface area contributed by atoms with Crippen LogP contribution in [0.2, 0.25) is 0 Å². The highest BCUT2D eigenvalue weighted by atomic mass is 19.4. The van der Waals surface area contributed by atoms with Crippen LogP contribution in [0.15, 0.2) is 54.6 Å². The molecule has 0 bridgehead atoms. The van der Waals surface area contributed by atoms with Crippen molar-refractivity contribution >= 4 is 0 Å². The second-order valence-electron chi connectivity index (χ2n) is 6.98. The van der Waals surface area contributed by atoms with Gasteiger partial charge in [0.05, 0.1) is 5.56 Å². The molecule has 3 aromatic carbocycles. The molecule has 0 unspecified atom stereocenters. The number of halogens is 4. The Kier molecular flexibility index (Phi) is 4.29. The quantitative estimate of drug-likeness (QED) is 0.339. The number of alkyl halides is 3. The molecule has 3 aromatic rings. The Morgan fingerprint density at radius 2 is 1.44 bits per heavy atom. The number of hydrogen-bond donors (Lipinski definition) is 0. The SMILES string of the molecule is CCCc1ccc2c(c1)Cc1cc(-c3ccc(C(F)(F)F)c(F)c3)ccc1-2. The van der Waals surface area contributed by atoms with Crippen LogP contribution in [0.5, 0.6) is 0 Å². The number of benzene rings is 3. The molecule has 0 atom stereocenters. The third kappa shape index (κ3) is 3.25. The molecule has 27 heavy (non-hydrogen) atoms. The molecule has 0 nitrogen and oxygen atoms in total. The molecule has 1 aliphatic carbocycles. The molecule has 0 spiro atoms. The predicted molar refractivity (Wildman–Crippen MR) is 99.1 cm³/mol. The number of fused-ring (bicyclic) bond motifs is 3. The number of aryl methyl sites for hydroxylation is 1. The molecule has 0 saturated carbocycles. The van der Waals surface area contributed by atoms with Crippen LogP contribution in [0.25, 0.3) is 22.3 Å². The van der Waals surface area contributed by atoms with E-state index in [2.05, 4.69) is 25.1 Å². The van der Waals surface area contributed by atoms with Crippen molar-refractivity contribution in [1.82, 2.24) is 0 Å². The topological polar surface area (TPSA) is 0 Å². The lowest BCUT2D eigenvalue weighted by molar-refractivity contribution is -0.139. The zero-order valence-electron chi connectivity index (χ0n) is 14.8. The summed E-state index contributed by atoms with van der Waals surface area (Å²) in [4.78, 5) is 0. The highest BCUT2D eigenvalue weighted by molar-refractivity contribution is 5.80. The van der Waals surface area contributed by atoms with Crippen LogP contribution < -0.4 is 0 Å². The Balaban J connectivity index is 1.69. The second kappa shape index (κ2) is 6.52. The van der Waals surface area contributed by atoms with Crippen LogP contribution in [0.1, 0.15) is 35.6 Å². The summed E-state index contributed by atoms with van der Waals surface area (Å²) >= 11 is 0. The van der Waals surface area contributed by atoms with Crippen molar-refractivity contribution in [3.63, 3.8) is 0 Å². The first kappa shape index (κ1) is 17.8. The summed E-state index contributed by atoms with van der Waals surface area (Å²) in [5.74, 6) is -1.24. The maximum Gasteiger partial charge on any atom is 0.419 e. The normalized spacial score (nSPS) is 12.8. The maximum atomic E-state index is 13.9. The Morgan fingerprint density at radius 1 is 0.815 bits per heavy atom. The lowest BCUT2D eigenvalue weighted by Gasteiger charge is -2.10. The zero-order valence-corrected chi connectivity index (χ0v) is 14.8. The number of rotatable bonds is 3. The second-order valence-corrected chi connectivity index (χ2v) is 6.98. The zero-order chi connectivity index (χ0) is 19.2. The van der Waals surface area contributed by atoms with Gasteiger partial charge < -0.3 is 0 Å². The fraction of sp³-hybridized carbons (Fsp3) is 0.217. The average molecular weight is 370 g/mol. The maximum absolute atomic E-state index is 13.9. The van der Waals surface area contributed by atoms with E-state index in [1.54, 1.807) is 0 Å². The van der Waals surface area contributed by atoms with Crippen LogP contribution in [-0.4, -0.2) is 0 Å². The van der Waals surface area contributed by atoms with Crippen molar-refractivity contribution in [2.24, 2.45) is 0 Å². The third-order valence-corrected chi connectivity index (χ3v) is 5.09. The van der Waals surface area contributed by atoms with Crippen molar-refractivity contribution in [2.45, 2.75) is 32.4 Å². The van der Waals surface area contributed by atoms with Crippen LogP contribution in [0.3, 0.4) is 0 Å². The molecular weight excluding hydrogens is 352 g/mol. The molecule has 1 aliphatic rings. The first-order valence-corrected chi connectivity index (χ1v) is 8.99. The minimum absolute atomic E-state index is 0.450. The van der Waals surface area contributed by atoms with Gasteiger partial charge in [-0.25, -0.2) is 4.39 Å². The summed E-state index contributed by atoms with van der Waals surface area (Å²) < 4.78 is 52.2. The number of hydrogen-bond acceptors (Lipinski definition) is 0. The van der Waals surface area contributed by atoms with Gasteiger partial charge in [0, 0.05) is 0 Å². The predicted octanol–water partition coefficient (Wildman–Crippen LogP) is 7.04. The van der Waals surface area contributed by atoms with Gasteiger partial charge >= 0.3 is 6.18 Å². The summed E-state index contributed by atoms with van der Waals surface area (Å²) in [5.41, 5.74) is 5.99. The van der Waals surface area contributed by atoms with Gasteiger partial charge in [0.1, 0.15) is 5.82 Å². The molecular formula is C23H18F4. The standard InChI is InChI=1S/C23H18F4/c1-2-3-14-4-7-19-17(10-14)12-18-11-15(5-8-20(18)19)16-6-9-21(22(24)13-16)23(25,26)27/h4-11,13H,2-3,12H2,1H3. The molecule has 0 fully saturated rings. The third-order valence-electron chi connectivity index (χ3n) is 5.09. The summed E-state index contributed by atoms with van der Waals surface area (Å²) in [5, 5.41) is 0. The molecule has 0 heterocycles. The van der Waals surface area contributed by atoms with Gasteiger partial charge in [0.15, 0.2) is 0 Å². The van der Waals surface area contributed by atoms with E-state index in [0.29, 0.717) is 5.56 Å². The van der Waals surface area contributed by atoms with Crippen molar-refractivity contribution in [2.75, 3.05) is 0 Å². The van der Waals surface area contributed by atoms with Gasteiger partial charge in [0.2, 0.25) is 0 Å². The molecule has 4 heteroatoms. The summed E-state index contributed by atoms with van der Waals surface area (Å²) in [6, 6.07) is 15.4. The molecule has 0 amide bonds. The van der Waals surface area contributed by atoms with Gasteiger partial charge in [-0.2, -0.15) is 13.2 Å². The van der Waals surface area contributed by atoms with E-state index in [1.807, 2.05) is 18.2 Å². The van der Waals surface area contributed by atoms with Crippen molar-refractivity contribution in [3.8, 4) is 22.3 Å². The van der Waals surface area contributed by atoms with Gasteiger partial charge in [-0.05, 0) is 63.9 Å². The van der Waals surface area contributed by atoms with Crippen LogP contribution in [0, 0.1) is 5.82 Å². The Hall–Kier alpha value is -2.62. The van der Waals surface area contributed by atoms with E-state index in [0.717, 1.165) is 48.1 Å². The fourth-order valence-corrected chi connectivity index (χ4v) is 3.81. The van der Waals surface area contributed by atoms with E-state index >= 15 is 0 Å². The highest BCUT2D eigenvalue weighted by Crippen LogP contribution is 2.40. The van der Waals surface area contributed by atoms with Crippen LogP contribution >= 0.6 is 0 Å². The minimum atomic E-state index is -4.68.